The van der Waals surface area contributed by atoms with Crippen molar-refractivity contribution in [1.82, 2.24) is 4.98 Å². The molecule has 0 saturated carbocycles. The number of pyridine rings is 1. The quantitative estimate of drug-likeness (QED) is 0.836. The normalized spacial score (nSPS) is 11.8. The van der Waals surface area contributed by atoms with Gasteiger partial charge in [-0.1, -0.05) is 0 Å². The van der Waals surface area contributed by atoms with Crippen molar-refractivity contribution in [3.05, 3.63) is 23.1 Å². The molecule has 1 N–H and O–H groups in total. The van der Waals surface area contributed by atoms with Gasteiger partial charge >= 0.3 is 12.1 Å². The van der Waals surface area contributed by atoms with Gasteiger partial charge in [-0.15, -0.1) is 0 Å². The minimum atomic E-state index is -0.826. The molecule has 0 atom stereocenters. The molecule has 0 unspecified atom stereocenters. The fourth-order valence-corrected chi connectivity index (χ4v) is 1.60. The first kappa shape index (κ1) is 18.9. The summed E-state index contributed by atoms with van der Waals surface area (Å²) in [4.78, 5) is 27.5. The molecule has 0 aliphatic rings. The minimum absolute atomic E-state index is 0.00663. The third-order valence-corrected chi connectivity index (χ3v) is 2.50. The standard InChI is InChI=1S/C16H23FN2O4/c1-9-10(13(20)22-15(2,3)4)8-18-12(11(9)17)19-14(21)23-16(5,6)7/h8H,1-7H3,(H,18,19,21). The number of aromatic nitrogens is 1. The van der Waals surface area contributed by atoms with Gasteiger partial charge in [0.25, 0.3) is 0 Å². The smallest absolute Gasteiger partial charge is 0.413 e. The van der Waals surface area contributed by atoms with E-state index in [1.54, 1.807) is 41.5 Å². The highest BCUT2D eigenvalue weighted by molar-refractivity contribution is 5.92. The lowest BCUT2D eigenvalue weighted by atomic mass is 10.1. The van der Waals surface area contributed by atoms with Crippen LogP contribution in [0.3, 0.4) is 0 Å². The Balaban J connectivity index is 2.98. The summed E-state index contributed by atoms with van der Waals surface area (Å²) in [6, 6.07) is 0. The highest BCUT2D eigenvalue weighted by atomic mass is 19.1. The second kappa shape index (κ2) is 6.52. The van der Waals surface area contributed by atoms with Crippen LogP contribution in [0.5, 0.6) is 0 Å². The molecule has 0 spiro atoms. The molecule has 0 aromatic carbocycles. The molecule has 6 nitrogen and oxygen atoms in total. The van der Waals surface area contributed by atoms with Crippen molar-refractivity contribution in [1.29, 1.82) is 0 Å². The summed E-state index contributed by atoms with van der Waals surface area (Å²) in [5.74, 6) is -1.78. The fourth-order valence-electron chi connectivity index (χ4n) is 1.60. The molecule has 1 rings (SSSR count). The van der Waals surface area contributed by atoms with Crippen LogP contribution in [0.25, 0.3) is 0 Å². The molecule has 7 heteroatoms. The van der Waals surface area contributed by atoms with E-state index in [4.69, 9.17) is 9.47 Å². The number of nitrogens with one attached hydrogen (secondary N) is 1. The Morgan fingerprint density at radius 2 is 1.61 bits per heavy atom. The summed E-state index contributed by atoms with van der Waals surface area (Å²) in [5.41, 5.74) is -1.37. The van der Waals surface area contributed by atoms with Crippen molar-refractivity contribution < 1.29 is 23.5 Å². The maximum absolute atomic E-state index is 14.3. The molecule has 23 heavy (non-hydrogen) atoms. The lowest BCUT2D eigenvalue weighted by Gasteiger charge is -2.21. The van der Waals surface area contributed by atoms with Crippen molar-refractivity contribution in [3.8, 4) is 0 Å². The van der Waals surface area contributed by atoms with Gasteiger partial charge in [-0.25, -0.2) is 19.0 Å². The van der Waals surface area contributed by atoms with E-state index in [1.165, 1.54) is 13.1 Å². The van der Waals surface area contributed by atoms with Gasteiger partial charge in [-0.2, -0.15) is 0 Å². The first-order chi connectivity index (χ1) is 10.3. The highest BCUT2D eigenvalue weighted by Gasteiger charge is 2.24. The molecule has 0 fully saturated rings. The van der Waals surface area contributed by atoms with Gasteiger partial charge in [0.2, 0.25) is 0 Å². The summed E-state index contributed by atoms with van der Waals surface area (Å²) in [6.07, 6.45) is 0.340. The van der Waals surface area contributed by atoms with Crippen molar-refractivity contribution in [3.63, 3.8) is 0 Å². The van der Waals surface area contributed by atoms with E-state index in [2.05, 4.69) is 10.3 Å². The van der Waals surface area contributed by atoms with Gasteiger partial charge in [0, 0.05) is 11.8 Å². The molecular weight excluding hydrogens is 303 g/mol. The zero-order valence-electron chi connectivity index (χ0n) is 14.5. The van der Waals surface area contributed by atoms with Gasteiger partial charge in [0.05, 0.1) is 5.56 Å². The zero-order chi connectivity index (χ0) is 18.0. The molecule has 128 valence electrons. The second-order valence-electron chi connectivity index (χ2n) is 7.09. The van der Waals surface area contributed by atoms with Crippen LogP contribution in [0, 0.1) is 12.7 Å². The topological polar surface area (TPSA) is 77.5 Å². The summed E-state index contributed by atoms with van der Waals surface area (Å²) in [6.45, 7) is 11.6. The van der Waals surface area contributed by atoms with Gasteiger partial charge < -0.3 is 9.47 Å². The Kier molecular flexibility index (Phi) is 5.35. The summed E-state index contributed by atoms with van der Waals surface area (Å²) >= 11 is 0. The maximum atomic E-state index is 14.3. The second-order valence-corrected chi connectivity index (χ2v) is 7.09. The number of hydrogen-bond acceptors (Lipinski definition) is 5. The Labute approximate surface area is 135 Å². The lowest BCUT2D eigenvalue weighted by Crippen LogP contribution is -2.28. The third kappa shape index (κ3) is 5.84. The van der Waals surface area contributed by atoms with Crippen molar-refractivity contribution in [2.24, 2.45) is 0 Å². The van der Waals surface area contributed by atoms with Crippen molar-refractivity contribution in [2.75, 3.05) is 5.32 Å². The SMILES string of the molecule is Cc1c(C(=O)OC(C)(C)C)cnc(NC(=O)OC(C)(C)C)c1F. The van der Waals surface area contributed by atoms with E-state index >= 15 is 0 Å². The number of nitrogens with zero attached hydrogens (tertiary/aromatic N) is 1. The Morgan fingerprint density at radius 3 is 2.09 bits per heavy atom. The summed E-state index contributed by atoms with van der Waals surface area (Å²) in [5, 5.41) is 2.22. The number of halogens is 1. The number of hydrogen-bond donors (Lipinski definition) is 1. The number of carbonyl (C=O) groups excluding carboxylic acids is 2. The van der Waals surface area contributed by atoms with E-state index in [1.807, 2.05) is 0 Å². The van der Waals surface area contributed by atoms with E-state index in [9.17, 15) is 14.0 Å². The number of carbonyl (C=O) groups is 2. The van der Waals surface area contributed by atoms with Crippen LogP contribution >= 0.6 is 0 Å². The van der Waals surface area contributed by atoms with Gasteiger partial charge in [0.15, 0.2) is 11.6 Å². The number of amides is 1. The number of esters is 1. The van der Waals surface area contributed by atoms with Crippen molar-refractivity contribution >= 4 is 17.9 Å². The summed E-state index contributed by atoms with van der Waals surface area (Å²) in [7, 11) is 0. The maximum Gasteiger partial charge on any atom is 0.413 e. The molecule has 0 aliphatic heterocycles. The average molecular weight is 326 g/mol. The predicted octanol–water partition coefficient (Wildman–Crippen LogP) is 3.83. The molecule has 1 amide bonds. The van der Waals surface area contributed by atoms with Gasteiger partial charge in [-0.05, 0) is 48.5 Å². The molecule has 1 aromatic rings. The largest absolute Gasteiger partial charge is 0.456 e. The van der Waals surface area contributed by atoms with E-state index in [0.717, 1.165) is 0 Å². The van der Waals surface area contributed by atoms with Crippen molar-refractivity contribution in [2.45, 2.75) is 59.7 Å². The van der Waals surface area contributed by atoms with Crippen LogP contribution in [0.4, 0.5) is 15.0 Å². The van der Waals surface area contributed by atoms with E-state index < -0.39 is 29.1 Å². The fraction of sp³-hybridized carbons (Fsp3) is 0.562. The Bertz CT molecular complexity index is 616. The Hall–Kier alpha value is -2.18. The first-order valence-electron chi connectivity index (χ1n) is 7.18. The van der Waals surface area contributed by atoms with Crippen LogP contribution in [0.15, 0.2) is 6.20 Å². The molecule has 0 bridgehead atoms. The Morgan fingerprint density at radius 1 is 1.09 bits per heavy atom. The van der Waals surface area contributed by atoms with Gasteiger partial charge in [0.1, 0.15) is 11.2 Å². The van der Waals surface area contributed by atoms with Crippen LogP contribution in [0.2, 0.25) is 0 Å². The van der Waals surface area contributed by atoms with E-state index in [0.29, 0.717) is 0 Å². The molecule has 1 heterocycles. The molecule has 1 aromatic heterocycles. The molecule has 0 saturated heterocycles. The first-order valence-corrected chi connectivity index (χ1v) is 7.18. The van der Waals surface area contributed by atoms with Gasteiger partial charge in [-0.3, -0.25) is 5.32 Å². The molecule has 0 aliphatic carbocycles. The zero-order valence-corrected chi connectivity index (χ0v) is 14.5. The minimum Gasteiger partial charge on any atom is -0.456 e. The monoisotopic (exact) mass is 326 g/mol. The lowest BCUT2D eigenvalue weighted by molar-refractivity contribution is 0.00676. The van der Waals surface area contributed by atoms with Crippen LogP contribution < -0.4 is 5.32 Å². The number of ether oxygens (including phenoxy) is 2. The third-order valence-electron chi connectivity index (χ3n) is 2.50. The molecular formula is C16H23FN2O4. The predicted molar refractivity (Wildman–Crippen MR) is 84.0 cm³/mol. The number of rotatable bonds is 2. The van der Waals surface area contributed by atoms with Crippen LogP contribution in [-0.2, 0) is 9.47 Å². The number of anilines is 1. The van der Waals surface area contributed by atoms with Crippen LogP contribution in [-0.4, -0.2) is 28.2 Å². The summed E-state index contributed by atoms with van der Waals surface area (Å²) < 4.78 is 24.5. The van der Waals surface area contributed by atoms with Crippen LogP contribution in [0.1, 0.15) is 57.5 Å². The van der Waals surface area contributed by atoms with E-state index in [-0.39, 0.29) is 16.9 Å². The average Bonchev–Trinajstić information content (AvgIpc) is 2.30. The molecule has 0 radical (unpaired) electrons. The highest BCUT2D eigenvalue weighted by Crippen LogP contribution is 2.21.